The summed E-state index contributed by atoms with van der Waals surface area (Å²) in [5, 5.41) is 2.91. The molecule has 0 aliphatic carbocycles. The molecule has 1 aromatic heterocycles. The Kier molecular flexibility index (Phi) is 6.97. The molecule has 0 fully saturated rings. The molecule has 0 aliphatic heterocycles. The van der Waals surface area contributed by atoms with E-state index < -0.39 is 0 Å². The van der Waals surface area contributed by atoms with Crippen LogP contribution < -0.4 is 14.9 Å². The van der Waals surface area contributed by atoms with Gasteiger partial charge in [0, 0.05) is 27.9 Å². The zero-order valence-electron chi connectivity index (χ0n) is 17.9. The Morgan fingerprint density at radius 3 is 2.53 bits per heavy atom. The minimum Gasteiger partial charge on any atom is -0.493 e. The molecule has 0 aliphatic rings. The lowest BCUT2D eigenvalue weighted by Crippen LogP contribution is -2.14. The van der Waals surface area contributed by atoms with Crippen molar-refractivity contribution >= 4 is 44.9 Å². The first-order valence-electron chi connectivity index (χ1n) is 10.4. The van der Waals surface area contributed by atoms with Crippen LogP contribution in [0.2, 0.25) is 0 Å². The molecule has 1 N–H and O–H groups in total. The largest absolute Gasteiger partial charge is 0.493 e. The number of aromatic nitrogens is 1. The van der Waals surface area contributed by atoms with Crippen LogP contribution in [0.5, 0.6) is 5.75 Å². The first kappa shape index (κ1) is 22.2. The smallest absolute Gasteiger partial charge is 0.308 e. The fourth-order valence-electron chi connectivity index (χ4n) is 3.34. The molecular formula is C25H24N2O3S2. The van der Waals surface area contributed by atoms with E-state index in [9.17, 15) is 9.59 Å². The van der Waals surface area contributed by atoms with Crippen molar-refractivity contribution in [3.05, 3.63) is 88.0 Å². The number of thioether (sulfide) groups is 1. The molecule has 0 radical (unpaired) electrons. The van der Waals surface area contributed by atoms with Gasteiger partial charge in [-0.3, -0.25) is 14.2 Å². The van der Waals surface area contributed by atoms with E-state index in [1.165, 1.54) is 16.2 Å². The van der Waals surface area contributed by atoms with Gasteiger partial charge in [-0.1, -0.05) is 29.5 Å². The first-order chi connectivity index (χ1) is 15.5. The molecule has 4 aromatic rings. The lowest BCUT2D eigenvalue weighted by atomic mass is 10.2. The topological polar surface area (TPSA) is 60.3 Å². The number of anilines is 1. The van der Waals surface area contributed by atoms with Gasteiger partial charge in [0.2, 0.25) is 0 Å². The van der Waals surface area contributed by atoms with E-state index in [2.05, 4.69) is 17.4 Å². The fourth-order valence-corrected chi connectivity index (χ4v) is 5.15. The molecule has 1 heterocycles. The van der Waals surface area contributed by atoms with Crippen LogP contribution in [0.1, 0.15) is 30.2 Å². The second kappa shape index (κ2) is 10.1. The molecule has 0 atom stereocenters. The number of thiazole rings is 1. The van der Waals surface area contributed by atoms with E-state index in [4.69, 9.17) is 4.74 Å². The number of amides is 1. The summed E-state index contributed by atoms with van der Waals surface area (Å²) in [7, 11) is 0. The number of hydrogen-bond acceptors (Lipinski definition) is 5. The quantitative estimate of drug-likeness (QED) is 0.254. The Labute approximate surface area is 195 Å². The van der Waals surface area contributed by atoms with Crippen molar-refractivity contribution in [3.63, 3.8) is 0 Å². The molecule has 0 unspecified atom stereocenters. The van der Waals surface area contributed by atoms with Gasteiger partial charge in [0.1, 0.15) is 5.75 Å². The number of ether oxygens (including phenoxy) is 1. The van der Waals surface area contributed by atoms with Gasteiger partial charge in [-0.2, -0.15) is 0 Å². The van der Waals surface area contributed by atoms with Crippen LogP contribution in [0.3, 0.4) is 0 Å². The summed E-state index contributed by atoms with van der Waals surface area (Å²) in [6.45, 7) is 4.56. The minimum atomic E-state index is -0.203. The van der Waals surface area contributed by atoms with Crippen LogP contribution in [-0.4, -0.2) is 22.8 Å². The molecule has 0 spiro atoms. The second-order valence-electron chi connectivity index (χ2n) is 7.50. The Morgan fingerprint density at radius 2 is 1.81 bits per heavy atom. The lowest BCUT2D eigenvalue weighted by Gasteiger charge is -2.09. The van der Waals surface area contributed by atoms with Crippen molar-refractivity contribution in [2.75, 3.05) is 17.7 Å². The number of benzene rings is 3. The van der Waals surface area contributed by atoms with E-state index in [0.717, 1.165) is 21.7 Å². The van der Waals surface area contributed by atoms with Gasteiger partial charge in [0.05, 0.1) is 16.8 Å². The van der Waals surface area contributed by atoms with E-state index in [1.54, 1.807) is 40.6 Å². The third-order valence-corrected chi connectivity index (χ3v) is 6.76. The van der Waals surface area contributed by atoms with Crippen LogP contribution >= 0.6 is 23.1 Å². The number of nitrogens with one attached hydrogen (secondary N) is 1. The van der Waals surface area contributed by atoms with Crippen molar-refractivity contribution in [2.45, 2.75) is 24.8 Å². The maximum Gasteiger partial charge on any atom is 0.308 e. The summed E-state index contributed by atoms with van der Waals surface area (Å²) in [5.74, 6) is 1.38. The maximum atomic E-state index is 12.6. The Balaban J connectivity index is 1.34. The Bertz CT molecular complexity index is 1260. The molecule has 0 saturated carbocycles. The van der Waals surface area contributed by atoms with Gasteiger partial charge in [-0.05, 0) is 68.4 Å². The molecule has 0 saturated heterocycles. The van der Waals surface area contributed by atoms with Crippen molar-refractivity contribution < 1.29 is 9.53 Å². The van der Waals surface area contributed by atoms with Gasteiger partial charge < -0.3 is 10.1 Å². The molecule has 5 nitrogen and oxygen atoms in total. The standard InChI is InChI=1S/C25H24N2O3S2/c1-17(2)27-22-13-10-19(16-23(22)32-25(27)29)26-24(28)18-8-11-20(12-9-18)30-14-15-31-21-6-4-3-5-7-21/h3-13,16-17H,14-15H2,1-2H3,(H,26,28). The molecule has 32 heavy (non-hydrogen) atoms. The molecule has 0 bridgehead atoms. The first-order valence-corrected chi connectivity index (χ1v) is 12.2. The van der Waals surface area contributed by atoms with Crippen LogP contribution in [0, 0.1) is 0 Å². The highest BCUT2D eigenvalue weighted by Gasteiger charge is 2.12. The third kappa shape index (κ3) is 5.23. The van der Waals surface area contributed by atoms with E-state index in [0.29, 0.717) is 17.9 Å². The molecular weight excluding hydrogens is 440 g/mol. The summed E-state index contributed by atoms with van der Waals surface area (Å²) in [5.41, 5.74) is 2.10. The van der Waals surface area contributed by atoms with Crippen LogP contribution in [0.4, 0.5) is 5.69 Å². The maximum absolute atomic E-state index is 12.6. The second-order valence-corrected chi connectivity index (χ2v) is 9.66. The molecule has 3 aromatic carbocycles. The summed E-state index contributed by atoms with van der Waals surface area (Å²) in [4.78, 5) is 26.1. The average Bonchev–Trinajstić information content (AvgIpc) is 3.13. The van der Waals surface area contributed by atoms with Gasteiger partial charge in [0.25, 0.3) is 5.91 Å². The van der Waals surface area contributed by atoms with Gasteiger partial charge in [-0.25, -0.2) is 0 Å². The lowest BCUT2D eigenvalue weighted by molar-refractivity contribution is 0.102. The highest BCUT2D eigenvalue weighted by Crippen LogP contribution is 2.25. The summed E-state index contributed by atoms with van der Waals surface area (Å²) in [6, 6.07) is 23.0. The predicted octanol–water partition coefficient (Wildman–Crippen LogP) is 6.07. The average molecular weight is 465 g/mol. The Hall–Kier alpha value is -3.03. The normalized spacial score (nSPS) is 11.1. The van der Waals surface area contributed by atoms with Crippen molar-refractivity contribution in [2.24, 2.45) is 0 Å². The number of nitrogens with zero attached hydrogens (tertiary/aromatic N) is 1. The molecule has 1 amide bonds. The van der Waals surface area contributed by atoms with E-state index in [-0.39, 0.29) is 16.8 Å². The molecule has 7 heteroatoms. The Morgan fingerprint density at radius 1 is 1.06 bits per heavy atom. The van der Waals surface area contributed by atoms with Crippen molar-refractivity contribution in [1.29, 1.82) is 0 Å². The monoisotopic (exact) mass is 464 g/mol. The van der Waals surface area contributed by atoms with Crippen LogP contribution in [-0.2, 0) is 0 Å². The summed E-state index contributed by atoms with van der Waals surface area (Å²) >= 11 is 2.94. The van der Waals surface area contributed by atoms with Crippen molar-refractivity contribution in [1.82, 2.24) is 4.57 Å². The number of hydrogen-bond donors (Lipinski definition) is 1. The predicted molar refractivity (Wildman–Crippen MR) is 134 cm³/mol. The fraction of sp³-hybridized carbons (Fsp3) is 0.200. The van der Waals surface area contributed by atoms with Crippen molar-refractivity contribution in [3.8, 4) is 5.75 Å². The number of carbonyl (C=O) groups excluding carboxylic acids is 1. The van der Waals surface area contributed by atoms with Gasteiger partial charge in [0.15, 0.2) is 0 Å². The zero-order valence-corrected chi connectivity index (χ0v) is 19.5. The SMILES string of the molecule is CC(C)n1c(=O)sc2cc(NC(=O)c3ccc(OCCSc4ccccc4)cc3)ccc21. The highest BCUT2D eigenvalue weighted by molar-refractivity contribution is 7.99. The number of rotatable bonds is 8. The molecule has 164 valence electrons. The third-order valence-electron chi connectivity index (χ3n) is 4.87. The number of fused-ring (bicyclic) bond motifs is 1. The number of carbonyl (C=O) groups is 1. The minimum absolute atomic E-state index is 0.0104. The summed E-state index contributed by atoms with van der Waals surface area (Å²) in [6.07, 6.45) is 0. The summed E-state index contributed by atoms with van der Waals surface area (Å²) < 4.78 is 8.41. The van der Waals surface area contributed by atoms with E-state index in [1.807, 2.05) is 50.2 Å². The van der Waals surface area contributed by atoms with E-state index >= 15 is 0 Å². The van der Waals surface area contributed by atoms with Gasteiger partial charge in [-0.15, -0.1) is 11.8 Å². The highest BCUT2D eigenvalue weighted by atomic mass is 32.2. The zero-order chi connectivity index (χ0) is 22.5. The van der Waals surface area contributed by atoms with Crippen LogP contribution in [0.15, 0.2) is 82.5 Å². The molecule has 4 rings (SSSR count). The van der Waals surface area contributed by atoms with Crippen LogP contribution in [0.25, 0.3) is 10.2 Å². The van der Waals surface area contributed by atoms with Gasteiger partial charge >= 0.3 is 4.87 Å².